The Kier molecular flexibility index (Phi) is 2.52. The quantitative estimate of drug-likeness (QED) is 0.754. The Labute approximate surface area is 109 Å². The number of para-hydroxylation sites is 1. The minimum Gasteiger partial charge on any atom is -0.364 e. The summed E-state index contributed by atoms with van der Waals surface area (Å²) >= 11 is 0. The molecule has 2 aromatic heterocycles. The van der Waals surface area contributed by atoms with Crippen LogP contribution < -0.4 is 5.73 Å². The number of nitrogens with two attached hydrogens (primary N) is 1. The van der Waals surface area contributed by atoms with Crippen molar-refractivity contribution in [2.24, 2.45) is 12.8 Å². The second kappa shape index (κ2) is 4.20. The molecule has 5 nitrogen and oxygen atoms in total. The summed E-state index contributed by atoms with van der Waals surface area (Å²) in [5.74, 6) is -0.498. The van der Waals surface area contributed by atoms with Crippen LogP contribution in [-0.4, -0.2) is 20.7 Å². The molecule has 1 aromatic carbocycles. The summed E-state index contributed by atoms with van der Waals surface area (Å²) in [5, 5.41) is 5.33. The molecule has 2 heterocycles. The number of benzene rings is 1. The second-order valence-electron chi connectivity index (χ2n) is 4.29. The molecule has 0 unspecified atom stereocenters. The average Bonchev–Trinajstić information content (AvgIpc) is 2.80. The van der Waals surface area contributed by atoms with E-state index in [1.807, 2.05) is 36.4 Å². The summed E-state index contributed by atoms with van der Waals surface area (Å²) in [7, 11) is 1.69. The van der Waals surface area contributed by atoms with Crippen molar-refractivity contribution in [3.63, 3.8) is 0 Å². The lowest BCUT2D eigenvalue weighted by Gasteiger charge is -1.99. The van der Waals surface area contributed by atoms with E-state index in [1.165, 1.54) is 4.68 Å². The van der Waals surface area contributed by atoms with Gasteiger partial charge < -0.3 is 5.73 Å². The van der Waals surface area contributed by atoms with E-state index in [9.17, 15) is 4.79 Å². The highest BCUT2D eigenvalue weighted by molar-refractivity contribution is 5.92. The predicted molar refractivity (Wildman–Crippen MR) is 72.5 cm³/mol. The molecule has 3 aromatic rings. The maximum absolute atomic E-state index is 11.2. The fraction of sp³-hybridized carbons (Fsp3) is 0.0714. The minimum atomic E-state index is -0.498. The van der Waals surface area contributed by atoms with E-state index in [2.05, 4.69) is 10.1 Å². The van der Waals surface area contributed by atoms with Gasteiger partial charge in [0.2, 0.25) is 0 Å². The van der Waals surface area contributed by atoms with Crippen LogP contribution in [0.4, 0.5) is 0 Å². The molecule has 1 amide bonds. The highest BCUT2D eigenvalue weighted by atomic mass is 16.1. The average molecular weight is 252 g/mol. The van der Waals surface area contributed by atoms with Crippen LogP contribution in [0, 0.1) is 0 Å². The van der Waals surface area contributed by atoms with Gasteiger partial charge in [-0.2, -0.15) is 5.10 Å². The molecule has 0 bridgehead atoms. The number of aromatic nitrogens is 3. The Morgan fingerprint density at radius 3 is 2.68 bits per heavy atom. The second-order valence-corrected chi connectivity index (χ2v) is 4.29. The third-order valence-electron chi connectivity index (χ3n) is 2.99. The van der Waals surface area contributed by atoms with Crippen LogP contribution in [0.25, 0.3) is 22.3 Å². The Morgan fingerprint density at radius 2 is 1.95 bits per heavy atom. The molecule has 2 N–H and O–H groups in total. The maximum atomic E-state index is 11.2. The molecule has 0 saturated carbocycles. The van der Waals surface area contributed by atoms with E-state index in [-0.39, 0.29) is 0 Å². The van der Waals surface area contributed by atoms with Gasteiger partial charge in [0, 0.05) is 12.4 Å². The third kappa shape index (κ3) is 1.95. The van der Waals surface area contributed by atoms with Gasteiger partial charge in [0.05, 0.1) is 11.2 Å². The number of fused-ring (bicyclic) bond motifs is 1. The van der Waals surface area contributed by atoms with E-state index >= 15 is 0 Å². The summed E-state index contributed by atoms with van der Waals surface area (Å²) in [6, 6.07) is 13.4. The molecule has 0 aliphatic heterocycles. The molecule has 0 spiro atoms. The predicted octanol–water partition coefficient (Wildman–Crippen LogP) is 1.73. The SMILES string of the molecule is Cn1nc(-c2ccc3ccccc3n2)cc1C(N)=O. The van der Waals surface area contributed by atoms with Gasteiger partial charge in [-0.1, -0.05) is 24.3 Å². The zero-order valence-electron chi connectivity index (χ0n) is 10.4. The first kappa shape index (κ1) is 11.4. The topological polar surface area (TPSA) is 73.8 Å². The lowest BCUT2D eigenvalue weighted by atomic mass is 10.2. The largest absolute Gasteiger partial charge is 0.364 e. The Morgan fingerprint density at radius 1 is 1.16 bits per heavy atom. The lowest BCUT2D eigenvalue weighted by Crippen LogP contribution is -2.15. The summed E-state index contributed by atoms with van der Waals surface area (Å²) in [5.41, 5.74) is 7.90. The standard InChI is InChI=1S/C14H12N4O/c1-18-13(14(15)19)8-12(17-18)11-7-6-9-4-2-3-5-10(9)16-11/h2-8H,1H3,(H2,15,19). The number of hydrogen-bond donors (Lipinski definition) is 1. The number of carbonyl (C=O) groups is 1. The lowest BCUT2D eigenvalue weighted by molar-refractivity contribution is 0.0991. The first-order chi connectivity index (χ1) is 9.15. The highest BCUT2D eigenvalue weighted by Gasteiger charge is 2.12. The van der Waals surface area contributed by atoms with Gasteiger partial charge in [0.1, 0.15) is 11.4 Å². The number of carbonyl (C=O) groups excluding carboxylic acids is 1. The number of amides is 1. The zero-order valence-corrected chi connectivity index (χ0v) is 10.4. The van der Waals surface area contributed by atoms with Crippen molar-refractivity contribution in [1.29, 1.82) is 0 Å². The third-order valence-corrected chi connectivity index (χ3v) is 2.99. The molecule has 94 valence electrons. The molecule has 0 radical (unpaired) electrons. The van der Waals surface area contributed by atoms with Crippen LogP contribution in [0.5, 0.6) is 0 Å². The molecule has 0 fully saturated rings. The van der Waals surface area contributed by atoms with Gasteiger partial charge in [-0.25, -0.2) is 4.98 Å². The van der Waals surface area contributed by atoms with Crippen molar-refractivity contribution in [1.82, 2.24) is 14.8 Å². The maximum Gasteiger partial charge on any atom is 0.266 e. The van der Waals surface area contributed by atoms with E-state index in [1.54, 1.807) is 13.1 Å². The van der Waals surface area contributed by atoms with E-state index in [4.69, 9.17) is 5.73 Å². The van der Waals surface area contributed by atoms with Gasteiger partial charge in [-0.15, -0.1) is 0 Å². The Hall–Kier alpha value is -2.69. The summed E-state index contributed by atoms with van der Waals surface area (Å²) < 4.78 is 1.47. The minimum absolute atomic E-state index is 0.366. The highest BCUT2D eigenvalue weighted by Crippen LogP contribution is 2.20. The fourth-order valence-corrected chi connectivity index (χ4v) is 2.03. The van der Waals surface area contributed by atoms with Crippen LogP contribution in [0.1, 0.15) is 10.5 Å². The fourth-order valence-electron chi connectivity index (χ4n) is 2.03. The molecule has 0 aliphatic rings. The van der Waals surface area contributed by atoms with Crippen LogP contribution in [0.15, 0.2) is 42.5 Å². The summed E-state index contributed by atoms with van der Waals surface area (Å²) in [4.78, 5) is 15.8. The van der Waals surface area contributed by atoms with Crippen molar-refractivity contribution in [3.8, 4) is 11.4 Å². The van der Waals surface area contributed by atoms with Crippen LogP contribution >= 0.6 is 0 Å². The monoisotopic (exact) mass is 252 g/mol. The number of aryl methyl sites for hydroxylation is 1. The Balaban J connectivity index is 2.13. The normalized spacial score (nSPS) is 10.8. The van der Waals surface area contributed by atoms with E-state index in [0.29, 0.717) is 11.4 Å². The number of primary amides is 1. The van der Waals surface area contributed by atoms with Crippen LogP contribution in [0.2, 0.25) is 0 Å². The van der Waals surface area contributed by atoms with Crippen molar-refractivity contribution in [2.45, 2.75) is 0 Å². The molecule has 0 atom stereocenters. The van der Waals surface area contributed by atoms with Crippen LogP contribution in [0.3, 0.4) is 0 Å². The van der Waals surface area contributed by atoms with Crippen molar-refractivity contribution in [3.05, 3.63) is 48.2 Å². The van der Waals surface area contributed by atoms with Crippen molar-refractivity contribution < 1.29 is 4.79 Å². The van der Waals surface area contributed by atoms with Gasteiger partial charge in [0.25, 0.3) is 5.91 Å². The molecular formula is C14H12N4O. The molecule has 19 heavy (non-hydrogen) atoms. The van der Waals surface area contributed by atoms with Gasteiger partial charge in [-0.3, -0.25) is 9.48 Å². The first-order valence-corrected chi connectivity index (χ1v) is 5.85. The van der Waals surface area contributed by atoms with E-state index in [0.717, 1.165) is 16.6 Å². The molecule has 0 saturated heterocycles. The van der Waals surface area contributed by atoms with Crippen molar-refractivity contribution in [2.75, 3.05) is 0 Å². The van der Waals surface area contributed by atoms with Crippen LogP contribution in [-0.2, 0) is 7.05 Å². The molecular weight excluding hydrogens is 240 g/mol. The molecule has 3 rings (SSSR count). The summed E-state index contributed by atoms with van der Waals surface area (Å²) in [6.07, 6.45) is 0. The van der Waals surface area contributed by atoms with Crippen molar-refractivity contribution >= 4 is 16.8 Å². The number of rotatable bonds is 2. The van der Waals surface area contributed by atoms with Gasteiger partial charge >= 0.3 is 0 Å². The number of hydrogen-bond acceptors (Lipinski definition) is 3. The first-order valence-electron chi connectivity index (χ1n) is 5.85. The summed E-state index contributed by atoms with van der Waals surface area (Å²) in [6.45, 7) is 0. The molecule has 5 heteroatoms. The van der Waals surface area contributed by atoms with Gasteiger partial charge in [0.15, 0.2) is 0 Å². The smallest absolute Gasteiger partial charge is 0.266 e. The number of nitrogens with zero attached hydrogens (tertiary/aromatic N) is 3. The molecule has 0 aliphatic carbocycles. The van der Waals surface area contributed by atoms with E-state index < -0.39 is 5.91 Å². The zero-order chi connectivity index (χ0) is 13.4. The van der Waals surface area contributed by atoms with Gasteiger partial charge in [-0.05, 0) is 18.2 Å². The Bertz CT molecular complexity index is 776. The number of pyridine rings is 1.